The summed E-state index contributed by atoms with van der Waals surface area (Å²) in [7, 11) is 0. The van der Waals surface area contributed by atoms with Gasteiger partial charge in [0.05, 0.1) is 0 Å². The van der Waals surface area contributed by atoms with Crippen LogP contribution >= 0.6 is 15.9 Å². The Morgan fingerprint density at radius 2 is 1.68 bits per heavy atom. The Balaban J connectivity index is 2.12. The zero-order chi connectivity index (χ0) is 13.9. The standard InChI is InChI=1S/C16H17BrFN/c1-16(19,10-12-5-3-2-4-6-12)11-13-7-14(17)9-15(18)8-13/h2-9H,10-11,19H2,1H3. The van der Waals surface area contributed by atoms with Gasteiger partial charge in [0.2, 0.25) is 0 Å². The van der Waals surface area contributed by atoms with Crippen LogP contribution in [0, 0.1) is 5.82 Å². The molecule has 1 unspecified atom stereocenters. The van der Waals surface area contributed by atoms with Gasteiger partial charge in [-0.2, -0.15) is 0 Å². The molecule has 0 heterocycles. The third-order valence-corrected chi connectivity index (χ3v) is 3.44. The van der Waals surface area contributed by atoms with E-state index in [1.165, 1.54) is 11.6 Å². The highest BCUT2D eigenvalue weighted by Gasteiger charge is 2.20. The molecule has 1 atom stereocenters. The fourth-order valence-corrected chi connectivity index (χ4v) is 2.82. The van der Waals surface area contributed by atoms with Gasteiger partial charge in [0.25, 0.3) is 0 Å². The van der Waals surface area contributed by atoms with Gasteiger partial charge in [0, 0.05) is 10.0 Å². The molecular weight excluding hydrogens is 305 g/mol. The number of rotatable bonds is 4. The van der Waals surface area contributed by atoms with E-state index in [4.69, 9.17) is 5.73 Å². The number of halogens is 2. The normalized spacial score (nSPS) is 14.1. The zero-order valence-corrected chi connectivity index (χ0v) is 12.5. The smallest absolute Gasteiger partial charge is 0.124 e. The van der Waals surface area contributed by atoms with E-state index in [-0.39, 0.29) is 5.82 Å². The lowest BCUT2D eigenvalue weighted by molar-refractivity contribution is 0.461. The van der Waals surface area contributed by atoms with Gasteiger partial charge >= 0.3 is 0 Å². The maximum absolute atomic E-state index is 13.4. The lowest BCUT2D eigenvalue weighted by Gasteiger charge is -2.25. The summed E-state index contributed by atoms with van der Waals surface area (Å²) in [5, 5.41) is 0. The van der Waals surface area contributed by atoms with E-state index in [0.717, 1.165) is 16.5 Å². The van der Waals surface area contributed by atoms with Crippen molar-refractivity contribution in [2.45, 2.75) is 25.3 Å². The van der Waals surface area contributed by atoms with Crippen LogP contribution in [0.2, 0.25) is 0 Å². The van der Waals surface area contributed by atoms with Crippen molar-refractivity contribution in [2.24, 2.45) is 5.73 Å². The van der Waals surface area contributed by atoms with Crippen molar-refractivity contribution in [1.82, 2.24) is 0 Å². The number of benzene rings is 2. The molecule has 0 aliphatic heterocycles. The van der Waals surface area contributed by atoms with Crippen LogP contribution in [0.15, 0.2) is 53.0 Å². The second kappa shape index (κ2) is 5.85. The highest BCUT2D eigenvalue weighted by atomic mass is 79.9. The van der Waals surface area contributed by atoms with E-state index in [1.807, 2.05) is 31.2 Å². The van der Waals surface area contributed by atoms with Gasteiger partial charge in [0.1, 0.15) is 5.82 Å². The van der Waals surface area contributed by atoms with Gasteiger partial charge in [0.15, 0.2) is 0 Å². The molecule has 1 nitrogen and oxygen atoms in total. The molecule has 0 bridgehead atoms. The van der Waals surface area contributed by atoms with Gasteiger partial charge in [-0.25, -0.2) is 4.39 Å². The summed E-state index contributed by atoms with van der Waals surface area (Å²) in [6, 6.07) is 15.0. The predicted octanol–water partition coefficient (Wildman–Crippen LogP) is 4.09. The Labute approximate surface area is 121 Å². The molecule has 0 radical (unpaired) electrons. The van der Waals surface area contributed by atoms with Crippen molar-refractivity contribution < 1.29 is 4.39 Å². The van der Waals surface area contributed by atoms with E-state index < -0.39 is 5.54 Å². The maximum Gasteiger partial charge on any atom is 0.124 e. The summed E-state index contributed by atoms with van der Waals surface area (Å²) in [6.07, 6.45) is 1.40. The second-order valence-corrected chi connectivity index (χ2v) is 6.19. The number of hydrogen-bond donors (Lipinski definition) is 1. The molecular formula is C16H17BrFN. The SMILES string of the molecule is CC(N)(Cc1ccccc1)Cc1cc(F)cc(Br)c1. The Kier molecular flexibility index (Phi) is 4.38. The van der Waals surface area contributed by atoms with Crippen LogP contribution in [-0.2, 0) is 12.8 Å². The third-order valence-electron chi connectivity index (χ3n) is 2.98. The number of nitrogens with two attached hydrogens (primary N) is 1. The molecule has 0 spiro atoms. The van der Waals surface area contributed by atoms with Crippen molar-refractivity contribution in [3.8, 4) is 0 Å². The molecule has 0 saturated carbocycles. The fourth-order valence-electron chi connectivity index (χ4n) is 2.30. The summed E-state index contributed by atoms with van der Waals surface area (Å²) in [5.74, 6) is -0.236. The lowest BCUT2D eigenvalue weighted by Crippen LogP contribution is -2.40. The van der Waals surface area contributed by atoms with Crippen molar-refractivity contribution in [3.05, 3.63) is 69.9 Å². The number of hydrogen-bond acceptors (Lipinski definition) is 1. The van der Waals surface area contributed by atoms with Crippen LogP contribution in [0.4, 0.5) is 4.39 Å². The van der Waals surface area contributed by atoms with Crippen molar-refractivity contribution in [3.63, 3.8) is 0 Å². The Morgan fingerprint density at radius 1 is 1.05 bits per heavy atom. The third kappa shape index (κ3) is 4.44. The van der Waals surface area contributed by atoms with E-state index >= 15 is 0 Å². The minimum absolute atomic E-state index is 0.236. The van der Waals surface area contributed by atoms with Gasteiger partial charge in [-0.05, 0) is 49.1 Å². The average molecular weight is 322 g/mol. The first-order valence-electron chi connectivity index (χ1n) is 6.22. The minimum Gasteiger partial charge on any atom is -0.325 e. The molecule has 2 aromatic carbocycles. The molecule has 0 fully saturated rings. The van der Waals surface area contributed by atoms with Crippen LogP contribution < -0.4 is 5.73 Å². The van der Waals surface area contributed by atoms with E-state index in [9.17, 15) is 4.39 Å². The van der Waals surface area contributed by atoms with Crippen LogP contribution in [0.5, 0.6) is 0 Å². The monoisotopic (exact) mass is 321 g/mol. The molecule has 0 aromatic heterocycles. The first-order chi connectivity index (χ1) is 8.94. The van der Waals surface area contributed by atoms with Crippen LogP contribution in [0.3, 0.4) is 0 Å². The Hall–Kier alpha value is -1.19. The quantitative estimate of drug-likeness (QED) is 0.901. The lowest BCUT2D eigenvalue weighted by atomic mass is 9.87. The van der Waals surface area contributed by atoms with Crippen molar-refractivity contribution >= 4 is 15.9 Å². The molecule has 3 heteroatoms. The summed E-state index contributed by atoms with van der Waals surface area (Å²) in [4.78, 5) is 0. The van der Waals surface area contributed by atoms with Gasteiger partial charge in [-0.3, -0.25) is 0 Å². The van der Waals surface area contributed by atoms with Gasteiger partial charge < -0.3 is 5.73 Å². The molecule has 2 N–H and O–H groups in total. The highest BCUT2D eigenvalue weighted by molar-refractivity contribution is 9.10. The summed E-state index contributed by atoms with van der Waals surface area (Å²) in [5.41, 5.74) is 8.06. The highest BCUT2D eigenvalue weighted by Crippen LogP contribution is 2.20. The van der Waals surface area contributed by atoms with E-state index in [1.54, 1.807) is 6.07 Å². The molecule has 2 aromatic rings. The van der Waals surface area contributed by atoms with Crippen LogP contribution in [-0.4, -0.2) is 5.54 Å². The molecule has 2 rings (SSSR count). The van der Waals surface area contributed by atoms with Crippen molar-refractivity contribution in [2.75, 3.05) is 0 Å². The first-order valence-corrected chi connectivity index (χ1v) is 7.02. The van der Waals surface area contributed by atoms with Crippen LogP contribution in [0.1, 0.15) is 18.1 Å². The summed E-state index contributed by atoms with van der Waals surface area (Å²) < 4.78 is 14.1. The zero-order valence-electron chi connectivity index (χ0n) is 10.9. The Morgan fingerprint density at radius 3 is 2.32 bits per heavy atom. The van der Waals surface area contributed by atoms with Crippen LogP contribution in [0.25, 0.3) is 0 Å². The second-order valence-electron chi connectivity index (χ2n) is 5.27. The maximum atomic E-state index is 13.4. The summed E-state index contributed by atoms with van der Waals surface area (Å²) >= 11 is 3.31. The first kappa shape index (κ1) is 14.2. The Bertz CT molecular complexity index is 532. The molecule has 100 valence electrons. The molecule has 0 aliphatic carbocycles. The van der Waals surface area contributed by atoms with Gasteiger partial charge in [-0.15, -0.1) is 0 Å². The van der Waals surface area contributed by atoms with Crippen molar-refractivity contribution in [1.29, 1.82) is 0 Å². The molecule has 0 amide bonds. The molecule has 0 saturated heterocycles. The van der Waals surface area contributed by atoms with E-state index in [2.05, 4.69) is 28.1 Å². The molecule has 0 aliphatic rings. The fraction of sp³-hybridized carbons (Fsp3) is 0.250. The topological polar surface area (TPSA) is 26.0 Å². The predicted molar refractivity (Wildman–Crippen MR) is 80.5 cm³/mol. The molecule has 19 heavy (non-hydrogen) atoms. The largest absolute Gasteiger partial charge is 0.325 e. The summed E-state index contributed by atoms with van der Waals surface area (Å²) in [6.45, 7) is 2.00. The average Bonchev–Trinajstić information content (AvgIpc) is 2.27. The van der Waals surface area contributed by atoms with E-state index in [0.29, 0.717) is 6.42 Å². The minimum atomic E-state index is -0.394. The van der Waals surface area contributed by atoms with Gasteiger partial charge in [-0.1, -0.05) is 46.3 Å².